The van der Waals surface area contributed by atoms with Gasteiger partial charge < -0.3 is 5.32 Å². The standard InChI is InChI=1S/C13H13F2N3S/c1-3-16-12-7-13(18-8(2)17-12)19-11-6-9(14)4-5-10(11)15/h4-7H,3H2,1-2H3,(H,16,17,18). The van der Waals surface area contributed by atoms with E-state index in [0.717, 1.165) is 36.5 Å². The Morgan fingerprint density at radius 1 is 1.21 bits per heavy atom. The van der Waals surface area contributed by atoms with Crippen molar-refractivity contribution in [2.75, 3.05) is 11.9 Å². The van der Waals surface area contributed by atoms with Gasteiger partial charge in [-0.1, -0.05) is 11.8 Å². The molecule has 0 radical (unpaired) electrons. The van der Waals surface area contributed by atoms with Gasteiger partial charge in [0.1, 0.15) is 28.3 Å². The van der Waals surface area contributed by atoms with Crippen molar-refractivity contribution in [2.45, 2.75) is 23.8 Å². The molecule has 2 aromatic rings. The Morgan fingerprint density at radius 2 is 2.00 bits per heavy atom. The quantitative estimate of drug-likeness (QED) is 0.868. The number of aromatic nitrogens is 2. The summed E-state index contributed by atoms with van der Waals surface area (Å²) < 4.78 is 26.7. The molecule has 0 bridgehead atoms. The van der Waals surface area contributed by atoms with Crippen LogP contribution in [0.3, 0.4) is 0 Å². The van der Waals surface area contributed by atoms with Gasteiger partial charge in [0.25, 0.3) is 0 Å². The maximum Gasteiger partial charge on any atom is 0.137 e. The molecule has 6 heteroatoms. The first-order valence-electron chi connectivity index (χ1n) is 5.81. The molecule has 0 aliphatic carbocycles. The number of nitrogens with one attached hydrogen (secondary N) is 1. The van der Waals surface area contributed by atoms with Gasteiger partial charge in [-0.25, -0.2) is 18.7 Å². The van der Waals surface area contributed by atoms with E-state index in [1.807, 2.05) is 6.92 Å². The van der Waals surface area contributed by atoms with Crippen LogP contribution in [0.25, 0.3) is 0 Å². The molecule has 1 aromatic carbocycles. The number of rotatable bonds is 4. The second-order valence-corrected chi connectivity index (χ2v) is 4.91. The number of aryl methyl sites for hydroxylation is 1. The molecular formula is C13H13F2N3S. The van der Waals surface area contributed by atoms with E-state index in [2.05, 4.69) is 15.3 Å². The summed E-state index contributed by atoms with van der Waals surface area (Å²) in [5.74, 6) is 0.321. The van der Waals surface area contributed by atoms with E-state index in [9.17, 15) is 8.78 Å². The van der Waals surface area contributed by atoms with E-state index in [4.69, 9.17) is 0 Å². The molecule has 0 fully saturated rings. The van der Waals surface area contributed by atoms with Crippen LogP contribution in [-0.2, 0) is 0 Å². The summed E-state index contributed by atoms with van der Waals surface area (Å²) in [5.41, 5.74) is 0. The summed E-state index contributed by atoms with van der Waals surface area (Å²) in [6.45, 7) is 4.44. The third-order valence-corrected chi connectivity index (χ3v) is 3.23. The van der Waals surface area contributed by atoms with Crippen molar-refractivity contribution < 1.29 is 8.78 Å². The second kappa shape index (κ2) is 5.97. The van der Waals surface area contributed by atoms with Crippen LogP contribution in [0.1, 0.15) is 12.7 Å². The molecule has 0 amide bonds. The van der Waals surface area contributed by atoms with Gasteiger partial charge in [-0.3, -0.25) is 0 Å². The number of anilines is 1. The summed E-state index contributed by atoms with van der Waals surface area (Å²) in [4.78, 5) is 8.62. The summed E-state index contributed by atoms with van der Waals surface area (Å²) in [5, 5.41) is 3.65. The molecule has 0 saturated carbocycles. The lowest BCUT2D eigenvalue weighted by molar-refractivity contribution is 0.577. The zero-order valence-electron chi connectivity index (χ0n) is 10.6. The van der Waals surface area contributed by atoms with Crippen LogP contribution in [0.2, 0.25) is 0 Å². The number of benzene rings is 1. The minimum Gasteiger partial charge on any atom is -0.370 e. The molecule has 0 spiro atoms. The molecule has 0 unspecified atom stereocenters. The molecule has 0 aliphatic heterocycles. The summed E-state index contributed by atoms with van der Waals surface area (Å²) >= 11 is 1.08. The number of nitrogens with zero attached hydrogens (tertiary/aromatic N) is 2. The Balaban J connectivity index is 2.29. The van der Waals surface area contributed by atoms with Gasteiger partial charge in [-0.2, -0.15) is 0 Å². The lowest BCUT2D eigenvalue weighted by Crippen LogP contribution is -2.02. The van der Waals surface area contributed by atoms with E-state index in [0.29, 0.717) is 16.7 Å². The van der Waals surface area contributed by atoms with Crippen LogP contribution in [-0.4, -0.2) is 16.5 Å². The van der Waals surface area contributed by atoms with Crippen molar-refractivity contribution in [3.8, 4) is 0 Å². The molecular weight excluding hydrogens is 268 g/mol. The van der Waals surface area contributed by atoms with Gasteiger partial charge >= 0.3 is 0 Å². The molecule has 1 aromatic heterocycles. The Labute approximate surface area is 114 Å². The Morgan fingerprint density at radius 3 is 2.74 bits per heavy atom. The maximum absolute atomic E-state index is 13.6. The van der Waals surface area contributed by atoms with Crippen molar-refractivity contribution in [3.05, 3.63) is 41.7 Å². The zero-order chi connectivity index (χ0) is 13.8. The highest BCUT2D eigenvalue weighted by Crippen LogP contribution is 2.30. The average Bonchev–Trinajstić information content (AvgIpc) is 2.33. The first-order chi connectivity index (χ1) is 9.08. The van der Waals surface area contributed by atoms with Gasteiger partial charge in [0.2, 0.25) is 0 Å². The monoisotopic (exact) mass is 281 g/mol. The number of hydrogen-bond acceptors (Lipinski definition) is 4. The van der Waals surface area contributed by atoms with E-state index < -0.39 is 11.6 Å². The highest BCUT2D eigenvalue weighted by Gasteiger charge is 2.09. The molecule has 2 rings (SSSR count). The minimum absolute atomic E-state index is 0.209. The molecule has 1 N–H and O–H groups in total. The lowest BCUT2D eigenvalue weighted by atomic mass is 10.3. The van der Waals surface area contributed by atoms with Gasteiger partial charge in [0.15, 0.2) is 0 Å². The fourth-order valence-corrected chi connectivity index (χ4v) is 2.44. The third-order valence-electron chi connectivity index (χ3n) is 2.28. The second-order valence-electron chi connectivity index (χ2n) is 3.85. The molecule has 0 aliphatic rings. The molecule has 100 valence electrons. The number of halogens is 2. The third kappa shape index (κ3) is 3.64. The van der Waals surface area contributed by atoms with Crippen LogP contribution in [0.4, 0.5) is 14.6 Å². The Bertz CT molecular complexity index is 590. The molecule has 1 heterocycles. The van der Waals surface area contributed by atoms with Crippen molar-refractivity contribution in [3.63, 3.8) is 0 Å². The maximum atomic E-state index is 13.6. The minimum atomic E-state index is -0.471. The van der Waals surface area contributed by atoms with Gasteiger partial charge in [-0.15, -0.1) is 0 Å². The highest BCUT2D eigenvalue weighted by atomic mass is 32.2. The summed E-state index contributed by atoms with van der Waals surface area (Å²) in [6, 6.07) is 5.07. The fourth-order valence-electron chi connectivity index (χ4n) is 1.53. The van der Waals surface area contributed by atoms with E-state index in [1.54, 1.807) is 13.0 Å². The van der Waals surface area contributed by atoms with Crippen molar-refractivity contribution in [1.29, 1.82) is 0 Å². The first-order valence-corrected chi connectivity index (χ1v) is 6.62. The van der Waals surface area contributed by atoms with Crippen molar-refractivity contribution in [2.24, 2.45) is 0 Å². The largest absolute Gasteiger partial charge is 0.370 e. The van der Waals surface area contributed by atoms with Gasteiger partial charge in [-0.05, 0) is 32.0 Å². The van der Waals surface area contributed by atoms with Gasteiger partial charge in [0.05, 0.1) is 4.90 Å². The predicted molar refractivity (Wildman–Crippen MR) is 71.4 cm³/mol. The average molecular weight is 281 g/mol. The SMILES string of the molecule is CCNc1cc(Sc2cc(F)ccc2F)nc(C)n1. The number of hydrogen-bond donors (Lipinski definition) is 1. The molecule has 0 saturated heterocycles. The molecule has 19 heavy (non-hydrogen) atoms. The predicted octanol–water partition coefficient (Wildman–Crippen LogP) is 3.65. The molecule has 3 nitrogen and oxygen atoms in total. The highest BCUT2D eigenvalue weighted by molar-refractivity contribution is 7.99. The van der Waals surface area contributed by atoms with Crippen LogP contribution in [0.15, 0.2) is 34.2 Å². The van der Waals surface area contributed by atoms with E-state index in [-0.39, 0.29) is 4.90 Å². The van der Waals surface area contributed by atoms with Crippen molar-refractivity contribution >= 4 is 17.6 Å². The first kappa shape index (κ1) is 13.7. The Kier molecular flexibility index (Phi) is 4.31. The molecule has 0 atom stereocenters. The lowest BCUT2D eigenvalue weighted by Gasteiger charge is -2.07. The zero-order valence-corrected chi connectivity index (χ0v) is 11.4. The topological polar surface area (TPSA) is 37.8 Å². The van der Waals surface area contributed by atoms with E-state index in [1.165, 1.54) is 0 Å². The van der Waals surface area contributed by atoms with Crippen molar-refractivity contribution in [1.82, 2.24) is 9.97 Å². The normalized spacial score (nSPS) is 10.5. The van der Waals surface area contributed by atoms with Crippen LogP contribution >= 0.6 is 11.8 Å². The van der Waals surface area contributed by atoms with E-state index >= 15 is 0 Å². The van der Waals surface area contributed by atoms with Gasteiger partial charge in [0, 0.05) is 12.6 Å². The summed E-state index contributed by atoms with van der Waals surface area (Å²) in [7, 11) is 0. The smallest absolute Gasteiger partial charge is 0.137 e. The fraction of sp³-hybridized carbons (Fsp3) is 0.231. The summed E-state index contributed by atoms with van der Waals surface area (Å²) in [6.07, 6.45) is 0. The van der Waals surface area contributed by atoms with Crippen LogP contribution < -0.4 is 5.32 Å². The van der Waals surface area contributed by atoms with Crippen LogP contribution in [0.5, 0.6) is 0 Å². The Hall–Kier alpha value is -1.69. The van der Waals surface area contributed by atoms with Crippen LogP contribution in [0, 0.1) is 18.6 Å².